The van der Waals surface area contributed by atoms with Crippen LogP contribution >= 0.6 is 0 Å². The van der Waals surface area contributed by atoms with Gasteiger partial charge in [-0.1, -0.05) is 12.1 Å². The largest absolute Gasteiger partial charge is 0.354 e. The third kappa shape index (κ3) is 3.37. The predicted octanol–water partition coefficient (Wildman–Crippen LogP) is 2.42. The number of benzene rings is 1. The van der Waals surface area contributed by atoms with Crippen molar-refractivity contribution in [3.63, 3.8) is 0 Å². The van der Waals surface area contributed by atoms with Gasteiger partial charge in [0.1, 0.15) is 11.5 Å². The van der Waals surface area contributed by atoms with E-state index in [1.807, 2.05) is 24.3 Å². The van der Waals surface area contributed by atoms with Crippen molar-refractivity contribution in [1.29, 1.82) is 0 Å². The smallest absolute Gasteiger partial charge is 0.269 e. The monoisotopic (exact) mass is 337 g/mol. The zero-order chi connectivity index (χ0) is 17.1. The number of carbonyl (C=O) groups is 1. The lowest BCUT2D eigenvalue weighted by molar-refractivity contribution is 0.0948. The summed E-state index contributed by atoms with van der Waals surface area (Å²) in [7, 11) is 0. The molecule has 0 atom stereocenters. The number of hydrogen-bond donors (Lipinski definition) is 4. The fourth-order valence-electron chi connectivity index (χ4n) is 2.80. The molecule has 4 bridgehead atoms. The molecular weight excluding hydrogens is 318 g/mol. The molecule has 4 N–H and O–H groups in total. The standard InChI is InChI=1S/C17H19N7O/c25-16-13-10-14(24-23-13)21-15-11-6-2-3-7-12(11)20-17(22-15)19-9-5-1-4-8-18-16/h2-3,6-7,10H,1,4-5,8-9H2,(H,18,25)(H3,19,20,21,22,23,24). The summed E-state index contributed by atoms with van der Waals surface area (Å²) < 4.78 is 0. The Morgan fingerprint density at radius 2 is 1.80 bits per heavy atom. The van der Waals surface area contributed by atoms with Crippen LogP contribution in [0.15, 0.2) is 30.3 Å². The number of carbonyl (C=O) groups excluding carboxylic acids is 1. The molecule has 128 valence electrons. The quantitative estimate of drug-likeness (QED) is 0.502. The van der Waals surface area contributed by atoms with Crippen molar-refractivity contribution in [3.05, 3.63) is 36.0 Å². The van der Waals surface area contributed by atoms with Crippen molar-refractivity contribution in [1.82, 2.24) is 25.5 Å². The Morgan fingerprint density at radius 1 is 0.960 bits per heavy atom. The normalized spacial score (nSPS) is 15.4. The average molecular weight is 337 g/mol. The minimum atomic E-state index is -0.151. The van der Waals surface area contributed by atoms with Gasteiger partial charge in [0.2, 0.25) is 5.95 Å². The summed E-state index contributed by atoms with van der Waals surface area (Å²) in [6.07, 6.45) is 2.93. The summed E-state index contributed by atoms with van der Waals surface area (Å²) >= 11 is 0. The first-order chi connectivity index (χ1) is 12.3. The van der Waals surface area contributed by atoms with Crippen molar-refractivity contribution in [2.24, 2.45) is 0 Å². The highest BCUT2D eigenvalue weighted by Crippen LogP contribution is 2.24. The minimum absolute atomic E-state index is 0.151. The molecule has 3 heterocycles. The van der Waals surface area contributed by atoms with Gasteiger partial charge in [0, 0.05) is 24.5 Å². The lowest BCUT2D eigenvalue weighted by Gasteiger charge is -2.10. The summed E-state index contributed by atoms with van der Waals surface area (Å²) in [6.45, 7) is 1.44. The second kappa shape index (κ2) is 6.76. The molecule has 1 aliphatic heterocycles. The van der Waals surface area contributed by atoms with E-state index in [-0.39, 0.29) is 5.91 Å². The van der Waals surface area contributed by atoms with Crippen LogP contribution in [0.4, 0.5) is 17.6 Å². The van der Waals surface area contributed by atoms with Gasteiger partial charge in [-0.15, -0.1) is 0 Å². The number of rotatable bonds is 0. The SMILES string of the molecule is O=C1NCCCCCNc2nc(c3ccccc3n2)Nc2cc1[nH]n2. The number of amides is 1. The molecule has 8 nitrogen and oxygen atoms in total. The van der Waals surface area contributed by atoms with Crippen molar-refractivity contribution in [2.75, 3.05) is 23.7 Å². The van der Waals surface area contributed by atoms with Crippen molar-refractivity contribution < 1.29 is 4.79 Å². The molecule has 0 radical (unpaired) electrons. The van der Waals surface area contributed by atoms with Gasteiger partial charge in [-0.2, -0.15) is 10.1 Å². The van der Waals surface area contributed by atoms with E-state index in [9.17, 15) is 4.79 Å². The minimum Gasteiger partial charge on any atom is -0.354 e. The topological polar surface area (TPSA) is 108 Å². The molecule has 0 unspecified atom stereocenters. The molecular formula is C17H19N7O. The number of aromatic amines is 1. The average Bonchev–Trinajstić information content (AvgIpc) is 3.08. The molecule has 0 aliphatic carbocycles. The Hall–Kier alpha value is -3.16. The van der Waals surface area contributed by atoms with Gasteiger partial charge in [0.15, 0.2) is 5.82 Å². The zero-order valence-corrected chi connectivity index (χ0v) is 13.7. The van der Waals surface area contributed by atoms with E-state index in [4.69, 9.17) is 0 Å². The highest BCUT2D eigenvalue weighted by atomic mass is 16.1. The summed E-state index contributed by atoms with van der Waals surface area (Å²) in [4.78, 5) is 21.3. The molecule has 1 aliphatic rings. The third-order valence-electron chi connectivity index (χ3n) is 4.09. The van der Waals surface area contributed by atoms with Gasteiger partial charge in [-0.3, -0.25) is 9.89 Å². The van der Waals surface area contributed by atoms with Gasteiger partial charge < -0.3 is 16.0 Å². The molecule has 2 aromatic heterocycles. The maximum atomic E-state index is 12.1. The van der Waals surface area contributed by atoms with Crippen LogP contribution in [-0.2, 0) is 0 Å². The van der Waals surface area contributed by atoms with E-state index in [0.717, 1.165) is 36.7 Å². The summed E-state index contributed by atoms with van der Waals surface area (Å²) in [5, 5.41) is 17.2. The number of para-hydroxylation sites is 1. The van der Waals surface area contributed by atoms with Gasteiger partial charge in [0.25, 0.3) is 5.91 Å². The highest BCUT2D eigenvalue weighted by molar-refractivity contribution is 5.94. The number of aromatic nitrogens is 4. The molecule has 0 saturated heterocycles. The summed E-state index contributed by atoms with van der Waals surface area (Å²) in [5.41, 5.74) is 1.27. The summed E-state index contributed by atoms with van der Waals surface area (Å²) in [6, 6.07) is 9.47. The van der Waals surface area contributed by atoms with Crippen LogP contribution in [0.5, 0.6) is 0 Å². The van der Waals surface area contributed by atoms with E-state index in [0.29, 0.717) is 29.8 Å². The summed E-state index contributed by atoms with van der Waals surface area (Å²) in [5.74, 6) is 1.62. The fourth-order valence-corrected chi connectivity index (χ4v) is 2.80. The Balaban J connectivity index is 1.74. The first-order valence-corrected chi connectivity index (χ1v) is 8.41. The molecule has 8 heteroatoms. The molecule has 0 fully saturated rings. The molecule has 0 saturated carbocycles. The van der Waals surface area contributed by atoms with Crippen LogP contribution < -0.4 is 16.0 Å². The molecule has 3 aromatic rings. The number of fused-ring (bicyclic) bond motifs is 6. The van der Waals surface area contributed by atoms with Crippen LogP contribution in [0, 0.1) is 0 Å². The van der Waals surface area contributed by atoms with Crippen LogP contribution in [-0.4, -0.2) is 39.2 Å². The van der Waals surface area contributed by atoms with Gasteiger partial charge in [-0.25, -0.2) is 4.98 Å². The lowest BCUT2D eigenvalue weighted by atomic mass is 10.2. The van der Waals surface area contributed by atoms with E-state index in [2.05, 4.69) is 36.1 Å². The highest BCUT2D eigenvalue weighted by Gasteiger charge is 2.13. The zero-order valence-electron chi connectivity index (χ0n) is 13.7. The maximum Gasteiger partial charge on any atom is 0.269 e. The second-order valence-electron chi connectivity index (χ2n) is 5.95. The Bertz CT molecular complexity index is 905. The van der Waals surface area contributed by atoms with E-state index < -0.39 is 0 Å². The van der Waals surface area contributed by atoms with Crippen molar-refractivity contribution in [3.8, 4) is 0 Å². The number of nitrogens with zero attached hydrogens (tertiary/aromatic N) is 3. The molecule has 1 aromatic carbocycles. The van der Waals surface area contributed by atoms with E-state index in [1.165, 1.54) is 0 Å². The van der Waals surface area contributed by atoms with Crippen LogP contribution in [0.25, 0.3) is 10.9 Å². The molecule has 4 rings (SSSR count). The molecule has 1 amide bonds. The van der Waals surface area contributed by atoms with Crippen LogP contribution in [0.1, 0.15) is 29.8 Å². The Morgan fingerprint density at radius 3 is 2.72 bits per heavy atom. The van der Waals surface area contributed by atoms with Crippen LogP contribution in [0.2, 0.25) is 0 Å². The maximum absolute atomic E-state index is 12.1. The van der Waals surface area contributed by atoms with Crippen molar-refractivity contribution in [2.45, 2.75) is 19.3 Å². The molecule has 25 heavy (non-hydrogen) atoms. The second-order valence-corrected chi connectivity index (χ2v) is 5.95. The fraction of sp³-hybridized carbons (Fsp3) is 0.294. The number of anilines is 3. The number of H-pyrrole nitrogens is 1. The van der Waals surface area contributed by atoms with Crippen LogP contribution in [0.3, 0.4) is 0 Å². The number of nitrogens with one attached hydrogen (secondary N) is 4. The first kappa shape index (κ1) is 15.4. The molecule has 0 spiro atoms. The Kier molecular flexibility index (Phi) is 4.16. The predicted molar refractivity (Wildman–Crippen MR) is 96.1 cm³/mol. The number of hydrogen-bond acceptors (Lipinski definition) is 6. The van der Waals surface area contributed by atoms with Gasteiger partial charge in [-0.05, 0) is 31.4 Å². The lowest BCUT2D eigenvalue weighted by Crippen LogP contribution is -2.24. The third-order valence-corrected chi connectivity index (χ3v) is 4.09. The van der Waals surface area contributed by atoms with E-state index in [1.54, 1.807) is 6.07 Å². The van der Waals surface area contributed by atoms with Crippen molar-refractivity contribution >= 4 is 34.4 Å². The Labute approximate surface area is 144 Å². The van der Waals surface area contributed by atoms with E-state index >= 15 is 0 Å². The van der Waals surface area contributed by atoms with Gasteiger partial charge >= 0.3 is 0 Å². The first-order valence-electron chi connectivity index (χ1n) is 8.41. The van der Waals surface area contributed by atoms with Gasteiger partial charge in [0.05, 0.1) is 5.52 Å².